The molecule has 2 bridgehead atoms. The lowest BCUT2D eigenvalue weighted by atomic mass is 9.94. The van der Waals surface area contributed by atoms with E-state index in [0.717, 1.165) is 29.8 Å². The molecule has 8 heteroatoms. The van der Waals surface area contributed by atoms with Gasteiger partial charge in [-0.3, -0.25) is 19.5 Å². The van der Waals surface area contributed by atoms with Gasteiger partial charge in [-0.1, -0.05) is 0 Å². The summed E-state index contributed by atoms with van der Waals surface area (Å²) in [4.78, 5) is 42.7. The van der Waals surface area contributed by atoms with E-state index in [1.165, 1.54) is 4.90 Å². The highest BCUT2D eigenvalue weighted by atomic mass is 16.2. The third kappa shape index (κ3) is 3.45. The number of carbonyl (C=O) groups is 3. The summed E-state index contributed by atoms with van der Waals surface area (Å²) in [6, 6.07) is -0.0827. The Morgan fingerprint density at radius 3 is 2.58 bits per heavy atom. The summed E-state index contributed by atoms with van der Waals surface area (Å²) in [5, 5.41) is 7.06. The number of rotatable bonds is 4. The van der Waals surface area contributed by atoms with Crippen LogP contribution in [0.2, 0.25) is 0 Å². The van der Waals surface area contributed by atoms with Gasteiger partial charge in [0.05, 0.1) is 18.0 Å². The molecule has 0 aromatic carbocycles. The monoisotopic (exact) mass is 361 g/mol. The minimum Gasteiger partial charge on any atom is -0.347 e. The van der Waals surface area contributed by atoms with E-state index in [-0.39, 0.29) is 36.2 Å². The van der Waals surface area contributed by atoms with Gasteiger partial charge >= 0.3 is 0 Å². The first-order valence-corrected chi connectivity index (χ1v) is 9.06. The predicted octanol–water partition coefficient (Wildman–Crippen LogP) is 0.107. The summed E-state index contributed by atoms with van der Waals surface area (Å²) in [5.41, 5.74) is 2.67. The molecule has 1 aromatic heterocycles. The van der Waals surface area contributed by atoms with E-state index >= 15 is 0 Å². The summed E-state index contributed by atoms with van der Waals surface area (Å²) >= 11 is 0. The molecule has 142 valence electrons. The number of hydrogen-bond donors (Lipinski definition) is 1. The minimum atomic E-state index is -0.209. The fourth-order valence-electron chi connectivity index (χ4n) is 3.84. The molecular weight excluding hydrogens is 334 g/mol. The molecule has 0 unspecified atom stereocenters. The average molecular weight is 361 g/mol. The Labute approximate surface area is 153 Å². The molecule has 0 spiro atoms. The molecule has 0 saturated carbocycles. The Bertz CT molecular complexity index is 707. The molecule has 1 N–H and O–H groups in total. The van der Waals surface area contributed by atoms with Crippen LogP contribution in [0.25, 0.3) is 0 Å². The average Bonchev–Trinajstić information content (AvgIpc) is 2.79. The Morgan fingerprint density at radius 1 is 1.23 bits per heavy atom. The van der Waals surface area contributed by atoms with Gasteiger partial charge < -0.3 is 14.7 Å². The third-order valence-corrected chi connectivity index (χ3v) is 5.56. The second-order valence-electron chi connectivity index (χ2n) is 7.57. The Morgan fingerprint density at radius 2 is 1.96 bits per heavy atom. The van der Waals surface area contributed by atoms with Crippen LogP contribution in [0.3, 0.4) is 0 Å². The van der Waals surface area contributed by atoms with Crippen LogP contribution in [0.1, 0.15) is 29.8 Å². The van der Waals surface area contributed by atoms with Crippen molar-refractivity contribution in [3.05, 3.63) is 17.0 Å². The van der Waals surface area contributed by atoms with Crippen molar-refractivity contribution in [3.63, 3.8) is 0 Å². The van der Waals surface area contributed by atoms with Crippen molar-refractivity contribution in [1.82, 2.24) is 24.9 Å². The first-order chi connectivity index (χ1) is 12.3. The Balaban J connectivity index is 1.73. The van der Waals surface area contributed by atoms with E-state index in [4.69, 9.17) is 0 Å². The summed E-state index contributed by atoms with van der Waals surface area (Å²) in [6.45, 7) is 4.83. The lowest BCUT2D eigenvalue weighted by Crippen LogP contribution is -2.51. The fraction of sp³-hybridized carbons (Fsp3) is 0.667. The molecule has 0 radical (unpaired) electrons. The van der Waals surface area contributed by atoms with Crippen molar-refractivity contribution in [1.29, 1.82) is 0 Å². The van der Waals surface area contributed by atoms with E-state index in [0.29, 0.717) is 19.5 Å². The highest BCUT2D eigenvalue weighted by Crippen LogP contribution is 2.29. The van der Waals surface area contributed by atoms with Gasteiger partial charge in [0.15, 0.2) is 0 Å². The summed E-state index contributed by atoms with van der Waals surface area (Å²) in [6.07, 6.45) is 1.91. The number of hydrogen-bond acceptors (Lipinski definition) is 4. The van der Waals surface area contributed by atoms with Gasteiger partial charge in [0.25, 0.3) is 0 Å². The lowest BCUT2D eigenvalue weighted by molar-refractivity contribution is -0.145. The standard InChI is InChI=1S/C18H27N5O3/c1-11-15(12(2)20-19-11)7-16(24)22-8-13-5-6-14(9-22)23(18(13)26)10-17(25)21(3)4/h13-14H,5-10H2,1-4H3,(H,19,20)/t13-,14+/m0/s1. The van der Waals surface area contributed by atoms with Crippen molar-refractivity contribution in [3.8, 4) is 0 Å². The van der Waals surface area contributed by atoms with Crippen molar-refractivity contribution < 1.29 is 14.4 Å². The van der Waals surface area contributed by atoms with Crippen molar-refractivity contribution in [2.45, 2.75) is 39.2 Å². The molecule has 4 rings (SSSR count). The molecule has 26 heavy (non-hydrogen) atoms. The van der Waals surface area contributed by atoms with E-state index in [2.05, 4.69) is 10.2 Å². The molecule has 8 nitrogen and oxygen atoms in total. The second kappa shape index (κ2) is 7.09. The van der Waals surface area contributed by atoms with Crippen LogP contribution in [-0.2, 0) is 20.8 Å². The topological polar surface area (TPSA) is 89.6 Å². The largest absolute Gasteiger partial charge is 0.347 e. The molecular formula is C18H27N5O3. The van der Waals surface area contributed by atoms with Gasteiger partial charge in [-0.25, -0.2) is 0 Å². The number of amides is 3. The first-order valence-electron chi connectivity index (χ1n) is 9.06. The van der Waals surface area contributed by atoms with Crippen molar-refractivity contribution in [2.75, 3.05) is 33.7 Å². The zero-order chi connectivity index (χ0) is 19.0. The van der Waals surface area contributed by atoms with Crippen molar-refractivity contribution in [2.24, 2.45) is 5.92 Å². The normalized spacial score (nSPS) is 22.5. The van der Waals surface area contributed by atoms with Crippen LogP contribution in [-0.4, -0.2) is 82.4 Å². The number of nitrogens with one attached hydrogen (secondary N) is 1. The quantitative estimate of drug-likeness (QED) is 0.824. The highest BCUT2D eigenvalue weighted by molar-refractivity contribution is 5.88. The molecule has 2 atom stereocenters. The summed E-state index contributed by atoms with van der Waals surface area (Å²) in [5.74, 6) is -0.280. The van der Waals surface area contributed by atoms with Crippen LogP contribution >= 0.6 is 0 Å². The maximum absolute atomic E-state index is 12.9. The number of piperidine rings is 1. The molecule has 3 amide bonds. The van der Waals surface area contributed by atoms with Crippen LogP contribution < -0.4 is 0 Å². The zero-order valence-electron chi connectivity index (χ0n) is 15.9. The minimum absolute atomic E-state index is 0.00224. The SMILES string of the molecule is Cc1n[nH]c(C)c1CC(=O)N1C[C@@H]2CC[C@H](C1)N(CC(=O)N(C)C)C2=O. The van der Waals surface area contributed by atoms with Crippen molar-refractivity contribution >= 4 is 17.7 Å². The summed E-state index contributed by atoms with van der Waals surface area (Å²) < 4.78 is 0. The molecule has 3 fully saturated rings. The van der Waals surface area contributed by atoms with Crippen LogP contribution in [0.15, 0.2) is 0 Å². The molecule has 3 aliphatic heterocycles. The zero-order valence-corrected chi connectivity index (χ0v) is 15.9. The third-order valence-electron chi connectivity index (χ3n) is 5.56. The number of aromatic nitrogens is 2. The van der Waals surface area contributed by atoms with E-state index in [1.807, 2.05) is 13.8 Å². The summed E-state index contributed by atoms with van der Waals surface area (Å²) in [7, 11) is 3.38. The maximum Gasteiger partial charge on any atom is 0.241 e. The molecule has 3 saturated heterocycles. The molecule has 0 aliphatic carbocycles. The highest BCUT2D eigenvalue weighted by Gasteiger charge is 2.42. The van der Waals surface area contributed by atoms with Gasteiger partial charge in [-0.05, 0) is 26.7 Å². The van der Waals surface area contributed by atoms with Gasteiger partial charge in [-0.15, -0.1) is 0 Å². The number of aromatic amines is 1. The smallest absolute Gasteiger partial charge is 0.241 e. The Hall–Kier alpha value is -2.38. The number of H-pyrrole nitrogens is 1. The predicted molar refractivity (Wildman–Crippen MR) is 95.3 cm³/mol. The van der Waals surface area contributed by atoms with Crippen LogP contribution in [0.5, 0.6) is 0 Å². The van der Waals surface area contributed by atoms with Gasteiger partial charge in [-0.2, -0.15) is 5.10 Å². The first kappa shape index (κ1) is 18.4. The van der Waals surface area contributed by atoms with Gasteiger partial charge in [0.1, 0.15) is 6.54 Å². The molecule has 3 aliphatic rings. The van der Waals surface area contributed by atoms with Crippen LogP contribution in [0, 0.1) is 19.8 Å². The number of aryl methyl sites for hydroxylation is 2. The number of carbonyl (C=O) groups excluding carboxylic acids is 3. The van der Waals surface area contributed by atoms with Gasteiger partial charge in [0, 0.05) is 44.5 Å². The second-order valence-corrected chi connectivity index (χ2v) is 7.57. The van der Waals surface area contributed by atoms with Crippen LogP contribution in [0.4, 0.5) is 0 Å². The lowest BCUT2D eigenvalue weighted by Gasteiger charge is -2.35. The number of fused-ring (bicyclic) bond motifs is 4. The maximum atomic E-state index is 12.9. The molecule has 4 heterocycles. The van der Waals surface area contributed by atoms with E-state index in [9.17, 15) is 14.4 Å². The van der Waals surface area contributed by atoms with E-state index in [1.54, 1.807) is 23.9 Å². The van der Waals surface area contributed by atoms with Gasteiger partial charge in [0.2, 0.25) is 17.7 Å². The van der Waals surface area contributed by atoms with E-state index < -0.39 is 0 Å². The molecule has 1 aromatic rings. The Kier molecular flexibility index (Phi) is 5.02. The number of nitrogens with zero attached hydrogens (tertiary/aromatic N) is 4. The fourth-order valence-corrected chi connectivity index (χ4v) is 3.84. The number of likely N-dealkylation sites (N-methyl/N-ethyl adjacent to an activating group) is 1.